The Morgan fingerprint density at radius 3 is 2.69 bits per heavy atom. The molecule has 136 valence electrons. The van der Waals surface area contributed by atoms with Crippen molar-refractivity contribution < 1.29 is 18.8 Å². The van der Waals surface area contributed by atoms with Gasteiger partial charge in [-0.3, -0.25) is 4.79 Å². The van der Waals surface area contributed by atoms with Crippen LogP contribution in [0.1, 0.15) is 27.4 Å². The van der Waals surface area contributed by atoms with Gasteiger partial charge in [0, 0.05) is 11.6 Å². The Bertz CT molecular complexity index is 910. The molecule has 0 aliphatic carbocycles. The highest BCUT2D eigenvalue weighted by atomic mass is 16.5. The number of ether oxygens (including phenoxy) is 2. The summed E-state index contributed by atoms with van der Waals surface area (Å²) in [5.41, 5.74) is 1.85. The molecular formula is C18H20N4O4. The molecule has 0 aliphatic heterocycles. The molecule has 3 rings (SSSR count). The first-order valence-electron chi connectivity index (χ1n) is 8.01. The van der Waals surface area contributed by atoms with E-state index in [1.165, 1.54) is 0 Å². The van der Waals surface area contributed by atoms with E-state index >= 15 is 0 Å². The Morgan fingerprint density at radius 1 is 1.23 bits per heavy atom. The van der Waals surface area contributed by atoms with Crippen LogP contribution in [0, 0.1) is 13.8 Å². The predicted octanol–water partition coefficient (Wildman–Crippen LogP) is 2.81. The van der Waals surface area contributed by atoms with Crippen molar-refractivity contribution in [1.29, 1.82) is 0 Å². The molecule has 0 radical (unpaired) electrons. The molecule has 2 aromatic heterocycles. The zero-order valence-corrected chi connectivity index (χ0v) is 15.1. The number of nitrogens with zero attached hydrogens (tertiary/aromatic N) is 3. The maximum Gasteiger partial charge on any atom is 0.262 e. The van der Waals surface area contributed by atoms with E-state index in [1.54, 1.807) is 45.0 Å². The van der Waals surface area contributed by atoms with Crippen molar-refractivity contribution in [3.05, 3.63) is 53.0 Å². The fourth-order valence-corrected chi connectivity index (χ4v) is 2.79. The minimum Gasteiger partial charge on any atom is -0.493 e. The Balaban J connectivity index is 1.85. The zero-order chi connectivity index (χ0) is 18.7. The van der Waals surface area contributed by atoms with Gasteiger partial charge < -0.3 is 19.3 Å². The molecule has 3 aromatic rings. The molecule has 0 spiro atoms. The molecule has 1 amide bonds. The summed E-state index contributed by atoms with van der Waals surface area (Å²) in [6.07, 6.45) is 1.62. The van der Waals surface area contributed by atoms with Crippen LogP contribution in [0.3, 0.4) is 0 Å². The number of para-hydroxylation sites is 1. The van der Waals surface area contributed by atoms with Crippen LogP contribution in [0.15, 0.2) is 35.0 Å². The number of methoxy groups -OCH3 is 2. The SMILES string of the molecule is COc1cccc(Cn2nccc2NC(=O)c2c(C)noc2C)c1OC. The first-order chi connectivity index (χ1) is 12.5. The number of hydrogen-bond donors (Lipinski definition) is 1. The van der Waals surface area contributed by atoms with Gasteiger partial charge in [-0.25, -0.2) is 4.68 Å². The van der Waals surface area contributed by atoms with Gasteiger partial charge in [-0.15, -0.1) is 0 Å². The standard InChI is InChI=1S/C18H20N4O4/c1-11-16(12(2)26-21-11)18(23)20-15-8-9-19-22(15)10-13-6-5-7-14(24-3)17(13)25-4/h5-9H,10H2,1-4H3,(H,20,23). The Hall–Kier alpha value is -3.29. The van der Waals surface area contributed by atoms with Crippen LogP contribution in [-0.2, 0) is 6.54 Å². The number of carbonyl (C=O) groups is 1. The van der Waals surface area contributed by atoms with Crippen molar-refractivity contribution in [3.63, 3.8) is 0 Å². The van der Waals surface area contributed by atoms with E-state index in [1.807, 2.05) is 18.2 Å². The molecule has 26 heavy (non-hydrogen) atoms. The fraction of sp³-hybridized carbons (Fsp3) is 0.278. The van der Waals surface area contributed by atoms with Crippen LogP contribution >= 0.6 is 0 Å². The van der Waals surface area contributed by atoms with Gasteiger partial charge in [-0.05, 0) is 19.9 Å². The molecular weight excluding hydrogens is 336 g/mol. The molecule has 1 N–H and O–H groups in total. The average molecular weight is 356 g/mol. The fourth-order valence-electron chi connectivity index (χ4n) is 2.79. The number of aryl methyl sites for hydroxylation is 2. The zero-order valence-electron chi connectivity index (χ0n) is 15.1. The lowest BCUT2D eigenvalue weighted by Crippen LogP contribution is -2.17. The van der Waals surface area contributed by atoms with E-state index in [0.29, 0.717) is 40.9 Å². The monoisotopic (exact) mass is 356 g/mol. The number of nitrogens with one attached hydrogen (secondary N) is 1. The number of hydrogen-bond acceptors (Lipinski definition) is 6. The number of benzene rings is 1. The van der Waals surface area contributed by atoms with Crippen LogP contribution in [0.5, 0.6) is 11.5 Å². The van der Waals surface area contributed by atoms with Crippen LogP contribution in [0.4, 0.5) is 5.82 Å². The van der Waals surface area contributed by atoms with Crippen molar-refractivity contribution in [2.75, 3.05) is 19.5 Å². The summed E-state index contributed by atoms with van der Waals surface area (Å²) in [4.78, 5) is 12.5. The highest BCUT2D eigenvalue weighted by Crippen LogP contribution is 2.31. The highest BCUT2D eigenvalue weighted by Gasteiger charge is 2.19. The molecule has 0 bridgehead atoms. The Morgan fingerprint density at radius 2 is 2.04 bits per heavy atom. The molecule has 0 aliphatic rings. The van der Waals surface area contributed by atoms with Crippen LogP contribution in [0.2, 0.25) is 0 Å². The van der Waals surface area contributed by atoms with E-state index in [-0.39, 0.29) is 5.91 Å². The first kappa shape index (κ1) is 17.5. The van der Waals surface area contributed by atoms with E-state index < -0.39 is 0 Å². The summed E-state index contributed by atoms with van der Waals surface area (Å²) in [5, 5.41) is 10.9. The average Bonchev–Trinajstić information content (AvgIpc) is 3.20. The van der Waals surface area contributed by atoms with E-state index in [4.69, 9.17) is 14.0 Å². The minimum absolute atomic E-state index is 0.291. The topological polar surface area (TPSA) is 91.4 Å². The smallest absolute Gasteiger partial charge is 0.262 e. The van der Waals surface area contributed by atoms with E-state index in [2.05, 4.69) is 15.6 Å². The van der Waals surface area contributed by atoms with E-state index in [0.717, 1.165) is 5.56 Å². The second-order valence-corrected chi connectivity index (χ2v) is 5.68. The first-order valence-corrected chi connectivity index (χ1v) is 8.01. The lowest BCUT2D eigenvalue weighted by Gasteiger charge is -2.14. The van der Waals surface area contributed by atoms with Crippen molar-refractivity contribution in [2.45, 2.75) is 20.4 Å². The summed E-state index contributed by atoms with van der Waals surface area (Å²) in [6, 6.07) is 7.35. The third kappa shape index (κ3) is 3.26. The minimum atomic E-state index is -0.291. The third-order valence-corrected chi connectivity index (χ3v) is 4.02. The number of anilines is 1. The molecule has 0 saturated heterocycles. The summed E-state index contributed by atoms with van der Waals surface area (Å²) < 4.78 is 17.5. The molecule has 2 heterocycles. The highest BCUT2D eigenvalue weighted by molar-refractivity contribution is 6.05. The van der Waals surface area contributed by atoms with Crippen molar-refractivity contribution in [3.8, 4) is 11.5 Å². The lowest BCUT2D eigenvalue weighted by molar-refractivity contribution is 0.102. The second-order valence-electron chi connectivity index (χ2n) is 5.68. The van der Waals surface area contributed by atoms with Crippen molar-refractivity contribution in [2.24, 2.45) is 0 Å². The van der Waals surface area contributed by atoms with Gasteiger partial charge in [-0.1, -0.05) is 17.3 Å². The van der Waals surface area contributed by atoms with Gasteiger partial charge in [0.2, 0.25) is 0 Å². The summed E-state index contributed by atoms with van der Waals surface area (Å²) in [6.45, 7) is 3.84. The second kappa shape index (κ2) is 7.30. The number of amides is 1. The number of carbonyl (C=O) groups excluding carboxylic acids is 1. The number of aromatic nitrogens is 3. The molecule has 8 nitrogen and oxygen atoms in total. The largest absolute Gasteiger partial charge is 0.493 e. The molecule has 0 unspecified atom stereocenters. The van der Waals surface area contributed by atoms with E-state index in [9.17, 15) is 4.79 Å². The van der Waals surface area contributed by atoms with Crippen LogP contribution < -0.4 is 14.8 Å². The van der Waals surface area contributed by atoms with Gasteiger partial charge in [0.15, 0.2) is 11.5 Å². The van der Waals surface area contributed by atoms with Gasteiger partial charge in [-0.2, -0.15) is 5.10 Å². The maximum atomic E-state index is 12.5. The van der Waals surface area contributed by atoms with Crippen LogP contribution in [0.25, 0.3) is 0 Å². The predicted molar refractivity (Wildman–Crippen MR) is 94.8 cm³/mol. The molecule has 1 aromatic carbocycles. The summed E-state index contributed by atoms with van der Waals surface area (Å²) >= 11 is 0. The summed E-state index contributed by atoms with van der Waals surface area (Å²) in [5.74, 6) is 2.01. The molecule has 0 saturated carbocycles. The van der Waals surface area contributed by atoms with Crippen molar-refractivity contribution >= 4 is 11.7 Å². The Labute approximate surface area is 150 Å². The van der Waals surface area contributed by atoms with Crippen molar-refractivity contribution in [1.82, 2.24) is 14.9 Å². The molecule has 0 atom stereocenters. The lowest BCUT2D eigenvalue weighted by atomic mass is 10.2. The Kier molecular flexibility index (Phi) is 4.92. The quantitative estimate of drug-likeness (QED) is 0.730. The third-order valence-electron chi connectivity index (χ3n) is 4.02. The summed E-state index contributed by atoms with van der Waals surface area (Å²) in [7, 11) is 3.18. The van der Waals surface area contributed by atoms with Gasteiger partial charge >= 0.3 is 0 Å². The van der Waals surface area contributed by atoms with Gasteiger partial charge in [0.25, 0.3) is 5.91 Å². The molecule has 0 fully saturated rings. The van der Waals surface area contributed by atoms with Crippen LogP contribution in [-0.4, -0.2) is 35.1 Å². The number of rotatable bonds is 6. The normalized spacial score (nSPS) is 10.6. The van der Waals surface area contributed by atoms with Gasteiger partial charge in [0.05, 0.1) is 32.7 Å². The maximum absolute atomic E-state index is 12.5. The molecule has 8 heteroatoms. The van der Waals surface area contributed by atoms with Gasteiger partial charge in [0.1, 0.15) is 17.1 Å².